The van der Waals surface area contributed by atoms with E-state index in [1.165, 1.54) is 6.42 Å². The molecule has 0 radical (unpaired) electrons. The van der Waals surface area contributed by atoms with Gasteiger partial charge in [-0.05, 0) is 43.9 Å². The van der Waals surface area contributed by atoms with Gasteiger partial charge in [0.25, 0.3) is 0 Å². The van der Waals surface area contributed by atoms with Gasteiger partial charge in [0.05, 0.1) is 13.0 Å². The molecule has 18 heavy (non-hydrogen) atoms. The number of carbonyl (C=O) groups is 1. The van der Waals surface area contributed by atoms with Gasteiger partial charge in [-0.3, -0.25) is 4.79 Å². The highest BCUT2D eigenvalue weighted by atomic mass is 16.5. The van der Waals surface area contributed by atoms with Gasteiger partial charge in [-0.15, -0.1) is 0 Å². The summed E-state index contributed by atoms with van der Waals surface area (Å²) in [6.45, 7) is 9.21. The van der Waals surface area contributed by atoms with Crippen LogP contribution in [0.1, 0.15) is 66.2 Å². The molecule has 1 rings (SSSR count). The molecule has 0 bridgehead atoms. The van der Waals surface area contributed by atoms with E-state index in [2.05, 4.69) is 20.8 Å². The Morgan fingerprint density at radius 2 is 1.89 bits per heavy atom. The summed E-state index contributed by atoms with van der Waals surface area (Å²) in [5, 5.41) is 0. The average Bonchev–Trinajstić information content (AvgIpc) is 2.29. The van der Waals surface area contributed by atoms with Crippen LogP contribution in [0.25, 0.3) is 0 Å². The van der Waals surface area contributed by atoms with E-state index in [4.69, 9.17) is 10.5 Å². The SMILES string of the molecule is CCOC(=O)CC1(N)CCC(C(C)(C)CC)CC1. The minimum Gasteiger partial charge on any atom is -0.466 e. The molecule has 0 unspecified atom stereocenters. The molecular weight excluding hydrogens is 226 g/mol. The Bertz CT molecular complexity index is 278. The minimum atomic E-state index is -0.327. The first kappa shape index (κ1) is 15.5. The van der Waals surface area contributed by atoms with E-state index < -0.39 is 0 Å². The molecule has 1 aliphatic carbocycles. The van der Waals surface area contributed by atoms with E-state index in [1.807, 2.05) is 6.92 Å². The fourth-order valence-electron chi connectivity index (χ4n) is 2.94. The van der Waals surface area contributed by atoms with E-state index in [9.17, 15) is 4.79 Å². The second kappa shape index (κ2) is 6.05. The lowest BCUT2D eigenvalue weighted by molar-refractivity contribution is -0.145. The molecule has 0 aromatic rings. The molecule has 106 valence electrons. The molecule has 0 heterocycles. The Kier molecular flexibility index (Phi) is 5.20. The highest BCUT2D eigenvalue weighted by molar-refractivity contribution is 5.70. The van der Waals surface area contributed by atoms with Crippen molar-refractivity contribution in [3.8, 4) is 0 Å². The van der Waals surface area contributed by atoms with Crippen LogP contribution in [0.2, 0.25) is 0 Å². The predicted octanol–water partition coefficient (Wildman–Crippen LogP) is 3.26. The number of ether oxygens (including phenoxy) is 1. The maximum atomic E-state index is 11.5. The standard InChI is InChI=1S/C15H29NO2/c1-5-14(3,4)12-7-9-15(16,10-8-12)11-13(17)18-6-2/h12H,5-11,16H2,1-4H3. The average molecular weight is 255 g/mol. The first-order valence-corrected chi connectivity index (χ1v) is 7.27. The predicted molar refractivity (Wildman–Crippen MR) is 74.2 cm³/mol. The van der Waals surface area contributed by atoms with Gasteiger partial charge in [-0.25, -0.2) is 0 Å². The van der Waals surface area contributed by atoms with Crippen LogP contribution in [-0.2, 0) is 9.53 Å². The minimum absolute atomic E-state index is 0.145. The van der Waals surface area contributed by atoms with Gasteiger partial charge in [-0.2, -0.15) is 0 Å². The monoisotopic (exact) mass is 255 g/mol. The Morgan fingerprint density at radius 3 is 2.33 bits per heavy atom. The van der Waals surface area contributed by atoms with Crippen LogP contribution < -0.4 is 5.73 Å². The summed E-state index contributed by atoms with van der Waals surface area (Å²) >= 11 is 0. The van der Waals surface area contributed by atoms with Gasteiger partial charge in [0.2, 0.25) is 0 Å². The van der Waals surface area contributed by atoms with E-state index in [-0.39, 0.29) is 11.5 Å². The number of carbonyl (C=O) groups excluding carboxylic acids is 1. The summed E-state index contributed by atoms with van der Waals surface area (Å²) in [7, 11) is 0. The Morgan fingerprint density at radius 1 is 1.33 bits per heavy atom. The number of rotatable bonds is 5. The van der Waals surface area contributed by atoms with Crippen molar-refractivity contribution in [3.63, 3.8) is 0 Å². The molecule has 0 saturated heterocycles. The van der Waals surface area contributed by atoms with Crippen molar-refractivity contribution < 1.29 is 9.53 Å². The summed E-state index contributed by atoms with van der Waals surface area (Å²) in [5.41, 5.74) is 6.40. The van der Waals surface area contributed by atoms with Crippen molar-refractivity contribution in [2.75, 3.05) is 6.61 Å². The van der Waals surface area contributed by atoms with Crippen molar-refractivity contribution >= 4 is 5.97 Å². The van der Waals surface area contributed by atoms with Crippen LogP contribution in [-0.4, -0.2) is 18.1 Å². The summed E-state index contributed by atoms with van der Waals surface area (Å²) in [4.78, 5) is 11.5. The van der Waals surface area contributed by atoms with E-state index >= 15 is 0 Å². The van der Waals surface area contributed by atoms with Crippen LogP contribution in [0.3, 0.4) is 0 Å². The zero-order chi connectivity index (χ0) is 13.8. The summed E-state index contributed by atoms with van der Waals surface area (Å²) in [5.74, 6) is 0.592. The number of esters is 1. The number of hydrogen-bond acceptors (Lipinski definition) is 3. The van der Waals surface area contributed by atoms with Crippen LogP contribution in [0, 0.1) is 11.3 Å². The topological polar surface area (TPSA) is 52.3 Å². The third-order valence-corrected chi connectivity index (χ3v) is 4.80. The van der Waals surface area contributed by atoms with Gasteiger partial charge >= 0.3 is 5.97 Å². The van der Waals surface area contributed by atoms with Crippen LogP contribution in [0.4, 0.5) is 0 Å². The number of nitrogens with two attached hydrogens (primary N) is 1. The fourth-order valence-corrected chi connectivity index (χ4v) is 2.94. The maximum Gasteiger partial charge on any atom is 0.307 e. The third-order valence-electron chi connectivity index (χ3n) is 4.80. The molecule has 1 aliphatic rings. The van der Waals surface area contributed by atoms with Gasteiger partial charge < -0.3 is 10.5 Å². The second-order valence-corrected chi connectivity index (χ2v) is 6.46. The Balaban J connectivity index is 2.49. The first-order valence-electron chi connectivity index (χ1n) is 7.27. The highest BCUT2D eigenvalue weighted by Gasteiger charge is 2.38. The van der Waals surface area contributed by atoms with Gasteiger partial charge in [0, 0.05) is 5.54 Å². The molecule has 3 nitrogen and oxygen atoms in total. The first-order chi connectivity index (χ1) is 8.33. The molecule has 0 atom stereocenters. The molecule has 2 N–H and O–H groups in total. The smallest absolute Gasteiger partial charge is 0.307 e. The summed E-state index contributed by atoms with van der Waals surface area (Å²) < 4.78 is 5.01. The lowest BCUT2D eigenvalue weighted by Crippen LogP contribution is -2.47. The lowest BCUT2D eigenvalue weighted by atomic mass is 9.65. The second-order valence-electron chi connectivity index (χ2n) is 6.46. The molecule has 0 spiro atoms. The van der Waals surface area contributed by atoms with Crippen molar-refractivity contribution in [2.45, 2.75) is 71.8 Å². The largest absolute Gasteiger partial charge is 0.466 e. The molecule has 1 saturated carbocycles. The van der Waals surface area contributed by atoms with Crippen molar-refractivity contribution in [2.24, 2.45) is 17.1 Å². The van der Waals surface area contributed by atoms with Crippen molar-refractivity contribution in [1.82, 2.24) is 0 Å². The van der Waals surface area contributed by atoms with E-state index in [1.54, 1.807) is 0 Å². The quantitative estimate of drug-likeness (QED) is 0.767. The zero-order valence-electron chi connectivity index (χ0n) is 12.4. The van der Waals surface area contributed by atoms with Crippen molar-refractivity contribution in [3.05, 3.63) is 0 Å². The van der Waals surface area contributed by atoms with E-state index in [0.29, 0.717) is 18.4 Å². The molecule has 1 fully saturated rings. The molecule has 0 amide bonds. The Labute approximate surface area is 111 Å². The van der Waals surface area contributed by atoms with Crippen LogP contribution in [0.15, 0.2) is 0 Å². The normalized spacial score (nSPS) is 29.1. The maximum absolute atomic E-state index is 11.5. The lowest BCUT2D eigenvalue weighted by Gasteiger charge is -2.43. The zero-order valence-corrected chi connectivity index (χ0v) is 12.4. The van der Waals surface area contributed by atoms with Crippen molar-refractivity contribution in [1.29, 1.82) is 0 Å². The van der Waals surface area contributed by atoms with Crippen LogP contribution in [0.5, 0.6) is 0 Å². The number of hydrogen-bond donors (Lipinski definition) is 1. The van der Waals surface area contributed by atoms with Gasteiger partial charge in [0.1, 0.15) is 0 Å². The summed E-state index contributed by atoms with van der Waals surface area (Å²) in [6, 6.07) is 0. The Hall–Kier alpha value is -0.570. The highest BCUT2D eigenvalue weighted by Crippen LogP contribution is 2.43. The molecule has 0 aliphatic heterocycles. The molecular formula is C15H29NO2. The van der Waals surface area contributed by atoms with E-state index in [0.717, 1.165) is 31.6 Å². The van der Waals surface area contributed by atoms with Gasteiger partial charge in [0.15, 0.2) is 0 Å². The third kappa shape index (κ3) is 3.98. The van der Waals surface area contributed by atoms with Gasteiger partial charge in [-0.1, -0.05) is 27.2 Å². The summed E-state index contributed by atoms with van der Waals surface area (Å²) in [6.07, 6.45) is 5.74. The van der Waals surface area contributed by atoms with Crippen LogP contribution >= 0.6 is 0 Å². The molecule has 3 heteroatoms. The fraction of sp³-hybridized carbons (Fsp3) is 0.933. The molecule has 0 aromatic carbocycles. The molecule has 0 aromatic heterocycles.